The molecule has 0 aliphatic carbocycles. The number of hydrogen-bond acceptors (Lipinski definition) is 1. The lowest BCUT2D eigenvalue weighted by Gasteiger charge is -2.04. The van der Waals surface area contributed by atoms with Crippen LogP contribution in [0.2, 0.25) is 0 Å². The van der Waals surface area contributed by atoms with E-state index in [4.69, 9.17) is 0 Å². The Bertz CT molecular complexity index is 634. The molecule has 100 valence electrons. The van der Waals surface area contributed by atoms with E-state index in [1.165, 1.54) is 11.1 Å². The quantitative estimate of drug-likeness (QED) is 0.669. The predicted octanol–water partition coefficient (Wildman–Crippen LogP) is 5.22. The molecule has 2 aromatic carbocycles. The van der Waals surface area contributed by atoms with Gasteiger partial charge in [-0.2, -0.15) is 0 Å². The third-order valence-electron chi connectivity index (χ3n) is 3.32. The van der Waals surface area contributed by atoms with E-state index in [-0.39, 0.29) is 0 Å². The maximum atomic E-state index is 4.46. The standard InChI is InChI=1S/C19H19N/c1-15(16(2)18-10-6-4-7-11-18)14-20-17(3)19-12-8-5-9-13-19/h4-14H,3H2,1-2H3/b16-15+,20-14?. The largest absolute Gasteiger partial charge is 0.257 e. The van der Waals surface area contributed by atoms with Gasteiger partial charge in [0, 0.05) is 6.21 Å². The second-order valence-electron chi connectivity index (χ2n) is 4.74. The van der Waals surface area contributed by atoms with Crippen molar-refractivity contribution in [1.82, 2.24) is 0 Å². The van der Waals surface area contributed by atoms with Gasteiger partial charge in [0.2, 0.25) is 0 Å². The van der Waals surface area contributed by atoms with Crippen molar-refractivity contribution in [2.75, 3.05) is 0 Å². The zero-order valence-electron chi connectivity index (χ0n) is 12.0. The van der Waals surface area contributed by atoms with E-state index < -0.39 is 0 Å². The molecule has 20 heavy (non-hydrogen) atoms. The fraction of sp³-hybridized carbons (Fsp3) is 0.105. The van der Waals surface area contributed by atoms with Crippen LogP contribution in [0.3, 0.4) is 0 Å². The highest BCUT2D eigenvalue weighted by Gasteiger charge is 1.99. The Morgan fingerprint density at radius 2 is 1.35 bits per heavy atom. The summed E-state index contributed by atoms with van der Waals surface area (Å²) in [6.07, 6.45) is 1.89. The molecular formula is C19H19N. The van der Waals surface area contributed by atoms with E-state index in [9.17, 15) is 0 Å². The number of aliphatic imine (C=N–C) groups is 1. The molecule has 0 N–H and O–H groups in total. The second-order valence-corrected chi connectivity index (χ2v) is 4.74. The summed E-state index contributed by atoms with van der Waals surface area (Å²) >= 11 is 0. The van der Waals surface area contributed by atoms with Crippen LogP contribution in [0.1, 0.15) is 25.0 Å². The van der Waals surface area contributed by atoms with E-state index in [2.05, 4.69) is 37.6 Å². The number of rotatable bonds is 4. The fourth-order valence-corrected chi connectivity index (χ4v) is 1.89. The Morgan fingerprint density at radius 3 is 1.90 bits per heavy atom. The lowest BCUT2D eigenvalue weighted by molar-refractivity contribution is 1.47. The average Bonchev–Trinajstić information content (AvgIpc) is 2.53. The van der Waals surface area contributed by atoms with Crippen molar-refractivity contribution in [2.45, 2.75) is 13.8 Å². The van der Waals surface area contributed by atoms with E-state index in [1.54, 1.807) is 0 Å². The minimum atomic E-state index is 0.783. The monoisotopic (exact) mass is 261 g/mol. The van der Waals surface area contributed by atoms with Crippen molar-refractivity contribution < 1.29 is 0 Å². The molecule has 0 radical (unpaired) electrons. The molecule has 0 heterocycles. The molecular weight excluding hydrogens is 242 g/mol. The third-order valence-corrected chi connectivity index (χ3v) is 3.32. The summed E-state index contributed by atoms with van der Waals surface area (Å²) in [5.41, 5.74) is 5.44. The van der Waals surface area contributed by atoms with Gasteiger partial charge in [0.05, 0.1) is 5.70 Å². The highest BCUT2D eigenvalue weighted by Crippen LogP contribution is 2.18. The van der Waals surface area contributed by atoms with Gasteiger partial charge >= 0.3 is 0 Å². The molecule has 1 nitrogen and oxygen atoms in total. The molecule has 1 heteroatoms. The number of hydrogen-bond donors (Lipinski definition) is 0. The highest BCUT2D eigenvalue weighted by atomic mass is 14.7. The Kier molecular flexibility index (Phi) is 4.67. The maximum absolute atomic E-state index is 4.46. The smallest absolute Gasteiger partial charge is 0.0630 e. The van der Waals surface area contributed by atoms with E-state index >= 15 is 0 Å². The Morgan fingerprint density at radius 1 is 0.850 bits per heavy atom. The molecule has 0 aliphatic heterocycles. The van der Waals surface area contributed by atoms with E-state index in [1.807, 2.05) is 54.7 Å². The molecule has 0 saturated carbocycles. The van der Waals surface area contributed by atoms with Gasteiger partial charge in [-0.3, -0.25) is 4.99 Å². The Balaban J connectivity index is 2.17. The summed E-state index contributed by atoms with van der Waals surface area (Å²) in [6.45, 7) is 8.20. The molecule has 0 amide bonds. The summed E-state index contributed by atoms with van der Waals surface area (Å²) in [4.78, 5) is 4.46. The lowest BCUT2D eigenvalue weighted by atomic mass is 10.0. The van der Waals surface area contributed by atoms with Crippen molar-refractivity contribution >= 4 is 17.5 Å². The van der Waals surface area contributed by atoms with Crippen LogP contribution in [0.4, 0.5) is 0 Å². The van der Waals surface area contributed by atoms with Crippen molar-refractivity contribution in [3.05, 3.63) is 83.9 Å². The normalized spacial score (nSPS) is 12.3. The number of allylic oxidation sites excluding steroid dienone is 2. The highest BCUT2D eigenvalue weighted by molar-refractivity contribution is 5.92. The van der Waals surface area contributed by atoms with Gasteiger partial charge in [0.1, 0.15) is 0 Å². The first-order chi connectivity index (χ1) is 9.68. The predicted molar refractivity (Wildman–Crippen MR) is 88.7 cm³/mol. The number of benzene rings is 2. The summed E-state index contributed by atoms with van der Waals surface area (Å²) in [5.74, 6) is 0. The molecule has 0 spiro atoms. The zero-order valence-corrected chi connectivity index (χ0v) is 12.0. The summed E-state index contributed by atoms with van der Waals surface area (Å²) in [6, 6.07) is 20.4. The lowest BCUT2D eigenvalue weighted by Crippen LogP contribution is -1.87. The van der Waals surface area contributed by atoms with Crippen LogP contribution >= 0.6 is 0 Å². The maximum Gasteiger partial charge on any atom is 0.0630 e. The van der Waals surface area contributed by atoms with Gasteiger partial charge in [-0.1, -0.05) is 67.2 Å². The summed E-state index contributed by atoms with van der Waals surface area (Å²) in [7, 11) is 0. The average molecular weight is 261 g/mol. The van der Waals surface area contributed by atoms with Gasteiger partial charge in [-0.25, -0.2) is 0 Å². The van der Waals surface area contributed by atoms with Crippen LogP contribution in [0.5, 0.6) is 0 Å². The van der Waals surface area contributed by atoms with Crippen molar-refractivity contribution in [3.8, 4) is 0 Å². The van der Waals surface area contributed by atoms with Gasteiger partial charge in [-0.05, 0) is 36.1 Å². The zero-order chi connectivity index (χ0) is 14.4. The molecule has 0 aromatic heterocycles. The summed E-state index contributed by atoms with van der Waals surface area (Å²) in [5, 5.41) is 0. The second kappa shape index (κ2) is 6.67. The summed E-state index contributed by atoms with van der Waals surface area (Å²) < 4.78 is 0. The van der Waals surface area contributed by atoms with Crippen molar-refractivity contribution in [1.29, 1.82) is 0 Å². The number of nitrogens with zero attached hydrogens (tertiary/aromatic N) is 1. The first-order valence-corrected chi connectivity index (χ1v) is 6.70. The molecule has 0 aliphatic rings. The molecule has 2 rings (SSSR count). The van der Waals surface area contributed by atoms with E-state index in [0.29, 0.717) is 0 Å². The van der Waals surface area contributed by atoms with Gasteiger partial charge in [0.25, 0.3) is 0 Å². The minimum Gasteiger partial charge on any atom is -0.257 e. The molecule has 2 aromatic rings. The van der Waals surface area contributed by atoms with Crippen LogP contribution in [0, 0.1) is 0 Å². The molecule has 0 saturated heterocycles. The van der Waals surface area contributed by atoms with Gasteiger partial charge in [0.15, 0.2) is 0 Å². The Labute approximate surface area is 121 Å². The van der Waals surface area contributed by atoms with E-state index in [0.717, 1.165) is 16.8 Å². The van der Waals surface area contributed by atoms with Crippen molar-refractivity contribution in [2.24, 2.45) is 4.99 Å². The topological polar surface area (TPSA) is 12.4 Å². The molecule has 0 fully saturated rings. The SMILES string of the molecule is C=C(N=C/C(C)=C(\C)c1ccccc1)c1ccccc1. The first kappa shape index (κ1) is 14.0. The van der Waals surface area contributed by atoms with Gasteiger partial charge in [-0.15, -0.1) is 0 Å². The van der Waals surface area contributed by atoms with Crippen LogP contribution in [-0.2, 0) is 0 Å². The minimum absolute atomic E-state index is 0.783. The van der Waals surface area contributed by atoms with Crippen LogP contribution in [0.25, 0.3) is 11.3 Å². The van der Waals surface area contributed by atoms with Gasteiger partial charge < -0.3 is 0 Å². The van der Waals surface area contributed by atoms with Crippen LogP contribution in [-0.4, -0.2) is 6.21 Å². The van der Waals surface area contributed by atoms with Crippen LogP contribution in [0.15, 0.2) is 77.8 Å². The first-order valence-electron chi connectivity index (χ1n) is 6.70. The Hall–Kier alpha value is -2.41. The molecule has 0 bridgehead atoms. The van der Waals surface area contributed by atoms with Crippen LogP contribution < -0.4 is 0 Å². The molecule has 0 atom stereocenters. The third kappa shape index (κ3) is 3.55. The molecule has 0 unspecified atom stereocenters. The van der Waals surface area contributed by atoms with Crippen molar-refractivity contribution in [3.63, 3.8) is 0 Å². The fourth-order valence-electron chi connectivity index (χ4n) is 1.89.